The summed E-state index contributed by atoms with van der Waals surface area (Å²) < 4.78 is 5.48. The van der Waals surface area contributed by atoms with Crippen LogP contribution in [0.1, 0.15) is 32.6 Å². The van der Waals surface area contributed by atoms with E-state index >= 15 is 0 Å². The molecule has 2 aliphatic rings. The van der Waals surface area contributed by atoms with E-state index in [0.717, 1.165) is 11.8 Å². The zero-order valence-electron chi connectivity index (χ0n) is 12.3. The van der Waals surface area contributed by atoms with Gasteiger partial charge in [-0.1, -0.05) is 30.2 Å². The maximum Gasteiger partial charge on any atom is 0.258 e. The van der Waals surface area contributed by atoms with Crippen molar-refractivity contribution in [1.82, 2.24) is 5.32 Å². The molecular formula is C17H22ClNO2. The fourth-order valence-corrected chi connectivity index (χ4v) is 4.20. The predicted molar refractivity (Wildman–Crippen MR) is 83.5 cm³/mol. The minimum absolute atomic E-state index is 0.0227. The number of para-hydroxylation sites is 1. The SMILES string of the molecule is C[C@H](NC(=O)COc1ccccc1Cl)[C@@H]1C[C@H]2CC[C@H]1C2. The van der Waals surface area contributed by atoms with Crippen molar-refractivity contribution in [3.05, 3.63) is 29.3 Å². The Morgan fingerprint density at radius 2 is 2.19 bits per heavy atom. The average molecular weight is 308 g/mol. The van der Waals surface area contributed by atoms with Crippen molar-refractivity contribution in [1.29, 1.82) is 0 Å². The monoisotopic (exact) mass is 307 g/mol. The minimum Gasteiger partial charge on any atom is -0.482 e. The number of hydrogen-bond acceptors (Lipinski definition) is 2. The van der Waals surface area contributed by atoms with Gasteiger partial charge in [-0.15, -0.1) is 0 Å². The third-order valence-corrected chi connectivity index (χ3v) is 5.33. The van der Waals surface area contributed by atoms with Crippen molar-refractivity contribution < 1.29 is 9.53 Å². The molecule has 1 N–H and O–H groups in total. The first kappa shape index (κ1) is 14.7. The minimum atomic E-state index is -0.0646. The largest absolute Gasteiger partial charge is 0.482 e. The van der Waals surface area contributed by atoms with E-state index in [1.54, 1.807) is 12.1 Å². The summed E-state index contributed by atoms with van der Waals surface area (Å²) in [7, 11) is 0. The van der Waals surface area contributed by atoms with Gasteiger partial charge in [-0.25, -0.2) is 0 Å². The molecule has 0 unspecified atom stereocenters. The third-order valence-electron chi connectivity index (χ3n) is 5.02. The second-order valence-electron chi connectivity index (χ2n) is 6.41. The van der Waals surface area contributed by atoms with Gasteiger partial charge in [-0.05, 0) is 56.1 Å². The highest BCUT2D eigenvalue weighted by atomic mass is 35.5. The summed E-state index contributed by atoms with van der Waals surface area (Å²) in [5.74, 6) is 2.86. The molecule has 1 aromatic rings. The molecule has 0 radical (unpaired) electrons. The Morgan fingerprint density at radius 1 is 1.38 bits per heavy atom. The molecule has 3 nitrogen and oxygen atoms in total. The lowest BCUT2D eigenvalue weighted by atomic mass is 9.84. The zero-order chi connectivity index (χ0) is 14.8. The lowest BCUT2D eigenvalue weighted by Crippen LogP contribution is -2.42. The van der Waals surface area contributed by atoms with Crippen molar-refractivity contribution in [2.24, 2.45) is 17.8 Å². The van der Waals surface area contributed by atoms with E-state index in [9.17, 15) is 4.79 Å². The molecule has 1 aromatic carbocycles. The zero-order valence-corrected chi connectivity index (χ0v) is 13.1. The molecule has 2 fully saturated rings. The smallest absolute Gasteiger partial charge is 0.258 e. The van der Waals surface area contributed by atoms with Crippen LogP contribution in [0, 0.1) is 17.8 Å². The number of halogens is 1. The van der Waals surface area contributed by atoms with Crippen LogP contribution < -0.4 is 10.1 Å². The normalized spacial score (nSPS) is 28.4. The Kier molecular flexibility index (Phi) is 4.39. The van der Waals surface area contributed by atoms with Crippen molar-refractivity contribution >= 4 is 17.5 Å². The van der Waals surface area contributed by atoms with Crippen LogP contribution in [0.25, 0.3) is 0 Å². The number of rotatable bonds is 5. The number of carbonyl (C=O) groups excluding carboxylic acids is 1. The molecule has 0 spiro atoms. The van der Waals surface area contributed by atoms with Crippen LogP contribution in [0.2, 0.25) is 5.02 Å². The van der Waals surface area contributed by atoms with Gasteiger partial charge in [0.15, 0.2) is 6.61 Å². The van der Waals surface area contributed by atoms with Crippen LogP contribution in [0.4, 0.5) is 0 Å². The number of nitrogens with one attached hydrogen (secondary N) is 1. The summed E-state index contributed by atoms with van der Waals surface area (Å²) >= 11 is 6.00. The van der Waals surface area contributed by atoms with E-state index in [2.05, 4.69) is 12.2 Å². The number of carbonyl (C=O) groups is 1. The molecule has 4 atom stereocenters. The summed E-state index contributed by atoms with van der Waals surface area (Å²) in [6.07, 6.45) is 5.36. The van der Waals surface area contributed by atoms with Crippen LogP contribution in [-0.2, 0) is 4.79 Å². The van der Waals surface area contributed by atoms with E-state index < -0.39 is 0 Å². The fourth-order valence-electron chi connectivity index (χ4n) is 4.01. The van der Waals surface area contributed by atoms with E-state index in [4.69, 9.17) is 16.3 Å². The highest BCUT2D eigenvalue weighted by Gasteiger charge is 2.42. The first-order chi connectivity index (χ1) is 10.1. The molecule has 114 valence electrons. The van der Waals surface area contributed by atoms with Crippen molar-refractivity contribution in [3.8, 4) is 5.75 Å². The molecule has 21 heavy (non-hydrogen) atoms. The van der Waals surface area contributed by atoms with Gasteiger partial charge < -0.3 is 10.1 Å². The Bertz CT molecular complexity index is 519. The summed E-state index contributed by atoms with van der Waals surface area (Å²) in [5.41, 5.74) is 0. The summed E-state index contributed by atoms with van der Waals surface area (Å²) in [6.45, 7) is 2.15. The van der Waals surface area contributed by atoms with E-state index in [1.807, 2.05) is 12.1 Å². The molecular weight excluding hydrogens is 286 g/mol. The van der Waals surface area contributed by atoms with Crippen molar-refractivity contribution in [3.63, 3.8) is 0 Å². The van der Waals surface area contributed by atoms with Crippen LogP contribution in [-0.4, -0.2) is 18.6 Å². The second-order valence-corrected chi connectivity index (χ2v) is 6.82. The molecule has 0 saturated heterocycles. The van der Waals surface area contributed by atoms with Gasteiger partial charge in [-0.3, -0.25) is 4.79 Å². The highest BCUT2D eigenvalue weighted by Crippen LogP contribution is 2.49. The molecule has 4 heteroatoms. The fraction of sp³-hybridized carbons (Fsp3) is 0.588. The van der Waals surface area contributed by atoms with E-state index in [0.29, 0.717) is 16.7 Å². The third kappa shape index (κ3) is 3.34. The van der Waals surface area contributed by atoms with Crippen LogP contribution >= 0.6 is 11.6 Å². The first-order valence-corrected chi connectivity index (χ1v) is 8.18. The maximum atomic E-state index is 12.0. The van der Waals surface area contributed by atoms with Gasteiger partial charge in [0.1, 0.15) is 5.75 Å². The molecule has 1 amide bonds. The molecule has 0 heterocycles. The average Bonchev–Trinajstić information content (AvgIpc) is 3.09. The van der Waals surface area contributed by atoms with Crippen LogP contribution in [0.3, 0.4) is 0 Å². The van der Waals surface area contributed by atoms with Gasteiger partial charge in [0.05, 0.1) is 5.02 Å². The second kappa shape index (κ2) is 6.27. The summed E-state index contributed by atoms with van der Waals surface area (Å²) in [5, 5.41) is 3.62. The highest BCUT2D eigenvalue weighted by molar-refractivity contribution is 6.32. The number of hydrogen-bond donors (Lipinski definition) is 1. The molecule has 0 aromatic heterocycles. The van der Waals surface area contributed by atoms with E-state index in [-0.39, 0.29) is 18.6 Å². The summed E-state index contributed by atoms with van der Waals surface area (Å²) in [6, 6.07) is 7.45. The number of amides is 1. The van der Waals surface area contributed by atoms with Crippen LogP contribution in [0.5, 0.6) is 5.75 Å². The number of ether oxygens (including phenoxy) is 1. The number of benzene rings is 1. The Balaban J connectivity index is 1.47. The van der Waals surface area contributed by atoms with Crippen molar-refractivity contribution in [2.75, 3.05) is 6.61 Å². The summed E-state index contributed by atoms with van der Waals surface area (Å²) in [4.78, 5) is 12.0. The first-order valence-electron chi connectivity index (χ1n) is 7.80. The Labute approximate surface area is 131 Å². The topological polar surface area (TPSA) is 38.3 Å². The van der Waals surface area contributed by atoms with Crippen molar-refractivity contribution in [2.45, 2.75) is 38.6 Å². The molecule has 2 saturated carbocycles. The standard InChI is InChI=1S/C17H22ClNO2/c1-11(14-9-12-6-7-13(14)8-12)19-17(20)10-21-16-5-3-2-4-15(16)18/h2-5,11-14H,6-10H2,1H3,(H,19,20)/t11-,12-,13-,14-/m0/s1. The molecule has 0 aliphatic heterocycles. The molecule has 2 aliphatic carbocycles. The lowest BCUT2D eigenvalue weighted by molar-refractivity contribution is -0.124. The van der Waals surface area contributed by atoms with Gasteiger partial charge in [0.25, 0.3) is 5.91 Å². The predicted octanol–water partition coefficient (Wildman–Crippen LogP) is 3.66. The van der Waals surface area contributed by atoms with Gasteiger partial charge in [-0.2, -0.15) is 0 Å². The van der Waals surface area contributed by atoms with Gasteiger partial charge in [0, 0.05) is 6.04 Å². The van der Waals surface area contributed by atoms with Gasteiger partial charge >= 0.3 is 0 Å². The number of fused-ring (bicyclic) bond motifs is 2. The van der Waals surface area contributed by atoms with E-state index in [1.165, 1.54) is 25.7 Å². The Hall–Kier alpha value is -1.22. The van der Waals surface area contributed by atoms with Gasteiger partial charge in [0.2, 0.25) is 0 Å². The lowest BCUT2D eigenvalue weighted by Gasteiger charge is -2.28. The quantitative estimate of drug-likeness (QED) is 0.901. The molecule has 2 bridgehead atoms. The maximum absolute atomic E-state index is 12.0. The van der Waals surface area contributed by atoms with Crippen LogP contribution in [0.15, 0.2) is 24.3 Å². The Morgan fingerprint density at radius 3 is 2.86 bits per heavy atom. The molecule has 3 rings (SSSR count).